The molecule has 3 nitrogen and oxygen atoms in total. The first-order chi connectivity index (χ1) is 15.8. The van der Waals surface area contributed by atoms with Crippen molar-refractivity contribution >= 4 is 28.0 Å². The van der Waals surface area contributed by atoms with E-state index < -0.39 is 0 Å². The molecule has 0 spiro atoms. The minimum absolute atomic E-state index is 0.682. The Bertz CT molecular complexity index is 1560. The first-order valence-electron chi connectivity index (χ1n) is 10.5. The van der Waals surface area contributed by atoms with Gasteiger partial charge in [-0.25, -0.2) is 9.50 Å². The lowest BCUT2D eigenvalue weighted by molar-refractivity contribution is 0.967. The van der Waals surface area contributed by atoms with Crippen LogP contribution >= 0.6 is 11.6 Å². The fourth-order valence-corrected chi connectivity index (χ4v) is 4.29. The van der Waals surface area contributed by atoms with Crippen LogP contribution in [0.4, 0.5) is 0 Å². The molecule has 4 heteroatoms. The van der Waals surface area contributed by atoms with Crippen molar-refractivity contribution in [2.75, 3.05) is 0 Å². The Kier molecular flexibility index (Phi) is 4.48. The normalized spacial score (nSPS) is 11.3. The van der Waals surface area contributed by atoms with E-state index in [2.05, 4.69) is 77.9 Å². The monoisotopic (exact) mass is 431 g/mol. The van der Waals surface area contributed by atoms with Gasteiger partial charge in [0.05, 0.1) is 0 Å². The van der Waals surface area contributed by atoms with Crippen molar-refractivity contribution in [3.63, 3.8) is 0 Å². The van der Waals surface area contributed by atoms with Crippen molar-refractivity contribution in [1.82, 2.24) is 14.6 Å². The topological polar surface area (TPSA) is 30.2 Å². The van der Waals surface area contributed by atoms with Gasteiger partial charge < -0.3 is 0 Å². The zero-order valence-electron chi connectivity index (χ0n) is 17.1. The van der Waals surface area contributed by atoms with Crippen molar-refractivity contribution in [3.05, 3.63) is 114 Å². The van der Waals surface area contributed by atoms with Crippen LogP contribution in [0.2, 0.25) is 5.02 Å². The summed E-state index contributed by atoms with van der Waals surface area (Å²) in [5, 5.41) is 7.87. The molecule has 2 heterocycles. The van der Waals surface area contributed by atoms with Crippen molar-refractivity contribution in [2.45, 2.75) is 0 Å². The number of nitrogens with zero attached hydrogens (tertiary/aromatic N) is 3. The van der Waals surface area contributed by atoms with Gasteiger partial charge in [0, 0.05) is 22.3 Å². The van der Waals surface area contributed by atoms with Crippen LogP contribution in [0, 0.1) is 0 Å². The highest BCUT2D eigenvalue weighted by molar-refractivity contribution is 6.30. The number of hydrogen-bond donors (Lipinski definition) is 0. The maximum atomic E-state index is 6.03. The number of hydrogen-bond acceptors (Lipinski definition) is 2. The summed E-state index contributed by atoms with van der Waals surface area (Å²) in [6.45, 7) is 0. The average molecular weight is 432 g/mol. The number of rotatable bonds is 3. The molecule has 0 aliphatic heterocycles. The highest BCUT2D eigenvalue weighted by Crippen LogP contribution is 2.32. The lowest BCUT2D eigenvalue weighted by Gasteiger charge is -2.08. The van der Waals surface area contributed by atoms with Gasteiger partial charge in [-0.3, -0.25) is 0 Å². The van der Waals surface area contributed by atoms with E-state index in [1.165, 1.54) is 21.9 Å². The highest BCUT2D eigenvalue weighted by atomic mass is 35.5. The molecule has 0 unspecified atom stereocenters. The minimum atomic E-state index is 0.682. The molecule has 0 aliphatic carbocycles. The maximum absolute atomic E-state index is 6.03. The Balaban J connectivity index is 1.42. The molecule has 0 aliphatic rings. The zero-order valence-corrected chi connectivity index (χ0v) is 17.9. The third-order valence-electron chi connectivity index (χ3n) is 5.76. The molecule has 0 N–H and O–H groups in total. The molecular formula is C28H18ClN3. The van der Waals surface area contributed by atoms with Crippen LogP contribution < -0.4 is 0 Å². The van der Waals surface area contributed by atoms with Gasteiger partial charge in [-0.05, 0) is 63.9 Å². The lowest BCUT2D eigenvalue weighted by Crippen LogP contribution is -1.89. The van der Waals surface area contributed by atoms with Gasteiger partial charge in [0.1, 0.15) is 0 Å². The summed E-state index contributed by atoms with van der Waals surface area (Å²) < 4.78 is 1.83. The van der Waals surface area contributed by atoms with Crippen LogP contribution in [0.1, 0.15) is 0 Å². The molecule has 152 valence electrons. The molecule has 0 radical (unpaired) electrons. The van der Waals surface area contributed by atoms with Crippen molar-refractivity contribution < 1.29 is 0 Å². The molecule has 0 atom stereocenters. The average Bonchev–Trinajstić information content (AvgIpc) is 3.29. The van der Waals surface area contributed by atoms with E-state index in [1.54, 1.807) is 0 Å². The fourth-order valence-electron chi connectivity index (χ4n) is 4.16. The van der Waals surface area contributed by atoms with Crippen LogP contribution in [0.25, 0.3) is 50.1 Å². The van der Waals surface area contributed by atoms with Crippen molar-refractivity contribution in [1.29, 1.82) is 0 Å². The van der Waals surface area contributed by atoms with E-state index in [0.717, 1.165) is 22.3 Å². The third kappa shape index (κ3) is 3.24. The summed E-state index contributed by atoms with van der Waals surface area (Å²) in [4.78, 5) is 4.82. The zero-order chi connectivity index (χ0) is 21.5. The molecule has 4 aromatic carbocycles. The van der Waals surface area contributed by atoms with E-state index in [4.69, 9.17) is 16.6 Å². The first-order valence-corrected chi connectivity index (χ1v) is 10.8. The van der Waals surface area contributed by atoms with Crippen LogP contribution in [0.3, 0.4) is 0 Å². The summed E-state index contributed by atoms with van der Waals surface area (Å²) in [6, 6.07) is 35.3. The van der Waals surface area contributed by atoms with Gasteiger partial charge in [-0.15, -0.1) is 5.10 Å². The Morgan fingerprint density at radius 2 is 1.25 bits per heavy atom. The van der Waals surface area contributed by atoms with Crippen molar-refractivity contribution in [3.8, 4) is 33.6 Å². The molecule has 6 rings (SSSR count). The van der Waals surface area contributed by atoms with Crippen LogP contribution in [-0.2, 0) is 0 Å². The molecule has 0 saturated carbocycles. The van der Waals surface area contributed by atoms with Gasteiger partial charge >= 0.3 is 0 Å². The molecule has 0 saturated heterocycles. The second-order valence-electron chi connectivity index (χ2n) is 7.74. The second kappa shape index (κ2) is 7.63. The summed E-state index contributed by atoms with van der Waals surface area (Å²) in [7, 11) is 0. The number of aromatic nitrogens is 3. The Morgan fingerprint density at radius 1 is 0.594 bits per heavy atom. The number of pyridine rings is 1. The Labute approximate surface area is 190 Å². The van der Waals surface area contributed by atoms with Crippen molar-refractivity contribution in [2.24, 2.45) is 0 Å². The van der Waals surface area contributed by atoms with Gasteiger partial charge in [0.25, 0.3) is 0 Å². The molecule has 32 heavy (non-hydrogen) atoms. The van der Waals surface area contributed by atoms with Crippen LogP contribution in [0.5, 0.6) is 0 Å². The minimum Gasteiger partial charge on any atom is -0.220 e. The summed E-state index contributed by atoms with van der Waals surface area (Å²) >= 11 is 6.03. The van der Waals surface area contributed by atoms with Crippen LogP contribution in [-0.4, -0.2) is 14.6 Å². The maximum Gasteiger partial charge on any atom is 0.182 e. The van der Waals surface area contributed by atoms with E-state index in [-0.39, 0.29) is 0 Å². The smallest absolute Gasteiger partial charge is 0.182 e. The molecular weight excluding hydrogens is 414 g/mol. The summed E-state index contributed by atoms with van der Waals surface area (Å²) in [5.74, 6) is 0.682. The van der Waals surface area contributed by atoms with E-state index in [1.807, 2.05) is 41.0 Å². The van der Waals surface area contributed by atoms with E-state index in [9.17, 15) is 0 Å². The van der Waals surface area contributed by atoms with Gasteiger partial charge in [0.15, 0.2) is 11.5 Å². The number of halogens is 1. The molecule has 0 amide bonds. The number of benzene rings is 4. The lowest BCUT2D eigenvalue weighted by atomic mass is 9.96. The first kappa shape index (κ1) is 18.8. The predicted octanol–water partition coefficient (Wildman–Crippen LogP) is 7.54. The van der Waals surface area contributed by atoms with Gasteiger partial charge in [-0.1, -0.05) is 78.3 Å². The van der Waals surface area contributed by atoms with Crippen LogP contribution in [0.15, 0.2) is 109 Å². The largest absolute Gasteiger partial charge is 0.220 e. The molecule has 6 aromatic rings. The summed E-state index contributed by atoms with van der Waals surface area (Å²) in [5.41, 5.74) is 6.35. The number of fused-ring (bicyclic) bond motifs is 2. The third-order valence-corrected chi connectivity index (χ3v) is 6.01. The molecule has 0 fully saturated rings. The highest BCUT2D eigenvalue weighted by Gasteiger charge is 2.12. The standard InChI is InChI=1S/C28H18ClN3/c29-23-16-14-22(15-17-23)27-30-28-26(9-4-18-32(28)31-27)21-12-10-20(11-13-21)25-8-3-6-19-5-1-2-7-24(19)25/h1-18H. The summed E-state index contributed by atoms with van der Waals surface area (Å²) in [6.07, 6.45) is 1.93. The predicted molar refractivity (Wildman–Crippen MR) is 132 cm³/mol. The Morgan fingerprint density at radius 3 is 2.06 bits per heavy atom. The molecule has 2 aromatic heterocycles. The van der Waals surface area contributed by atoms with E-state index in [0.29, 0.717) is 10.8 Å². The SMILES string of the molecule is Clc1ccc(-c2nc3c(-c4ccc(-c5cccc6ccccc56)cc4)cccn3n2)cc1. The Hall–Kier alpha value is -3.95. The quantitative estimate of drug-likeness (QED) is 0.289. The van der Waals surface area contributed by atoms with Gasteiger partial charge in [-0.2, -0.15) is 0 Å². The van der Waals surface area contributed by atoms with Gasteiger partial charge in [0.2, 0.25) is 0 Å². The van der Waals surface area contributed by atoms with E-state index >= 15 is 0 Å². The fraction of sp³-hybridized carbons (Fsp3) is 0. The molecule has 0 bridgehead atoms. The second-order valence-corrected chi connectivity index (χ2v) is 8.17.